The fourth-order valence-electron chi connectivity index (χ4n) is 4.12. The summed E-state index contributed by atoms with van der Waals surface area (Å²) >= 11 is 0. The second-order valence-electron chi connectivity index (χ2n) is 9.35. The van der Waals surface area contributed by atoms with Crippen LogP contribution in [0.3, 0.4) is 0 Å². The molecule has 0 aromatic carbocycles. The zero-order chi connectivity index (χ0) is 25.4. The molecule has 9 nitrogen and oxygen atoms in total. The summed E-state index contributed by atoms with van der Waals surface area (Å²) in [6.45, 7) is 5.69. The second-order valence-corrected chi connectivity index (χ2v) is 9.35. The minimum Gasteiger partial charge on any atom is -0.444 e. The van der Waals surface area contributed by atoms with Crippen molar-refractivity contribution in [1.82, 2.24) is 29.4 Å². The minimum atomic E-state index is -4.72. The number of carbonyl (C=O) groups is 1. The lowest BCUT2D eigenvalue weighted by molar-refractivity contribution is -0.142. The molecule has 4 rings (SSSR count). The molecule has 1 saturated heterocycles. The summed E-state index contributed by atoms with van der Waals surface area (Å²) in [5, 5.41) is 0. The summed E-state index contributed by atoms with van der Waals surface area (Å²) in [6.07, 6.45) is 0.801. The van der Waals surface area contributed by atoms with Crippen LogP contribution in [0.4, 0.5) is 18.0 Å². The number of amides is 1. The van der Waals surface area contributed by atoms with Gasteiger partial charge in [0.15, 0.2) is 11.3 Å². The SMILES string of the molecule is CC(C)(C)OC(=O)N1CCC(c2cc3nccnc3n(Cc3nccnc3C(F)(F)F)c2=O)CC1. The highest BCUT2D eigenvalue weighted by Crippen LogP contribution is 2.31. The van der Waals surface area contributed by atoms with Crippen molar-refractivity contribution < 1.29 is 22.7 Å². The molecule has 186 valence electrons. The Balaban J connectivity index is 1.67. The van der Waals surface area contributed by atoms with Crippen LogP contribution < -0.4 is 5.56 Å². The summed E-state index contributed by atoms with van der Waals surface area (Å²) in [7, 11) is 0. The molecule has 35 heavy (non-hydrogen) atoms. The smallest absolute Gasteiger partial charge is 0.435 e. The number of hydrogen-bond donors (Lipinski definition) is 0. The van der Waals surface area contributed by atoms with Gasteiger partial charge < -0.3 is 9.64 Å². The number of rotatable bonds is 3. The first kappa shape index (κ1) is 24.6. The van der Waals surface area contributed by atoms with Crippen molar-refractivity contribution in [3.63, 3.8) is 0 Å². The number of halogens is 3. The number of likely N-dealkylation sites (tertiary alicyclic amines) is 1. The minimum absolute atomic E-state index is 0.159. The Morgan fingerprint density at radius 2 is 1.66 bits per heavy atom. The number of pyridine rings is 1. The normalized spacial score (nSPS) is 15.4. The van der Waals surface area contributed by atoms with E-state index in [-0.39, 0.29) is 17.3 Å². The molecule has 0 saturated carbocycles. The van der Waals surface area contributed by atoms with E-state index in [1.807, 2.05) is 0 Å². The first-order valence-electron chi connectivity index (χ1n) is 11.1. The summed E-state index contributed by atoms with van der Waals surface area (Å²) in [4.78, 5) is 43.2. The number of hydrogen-bond acceptors (Lipinski definition) is 7. The van der Waals surface area contributed by atoms with Gasteiger partial charge in [0, 0.05) is 43.4 Å². The van der Waals surface area contributed by atoms with E-state index in [1.54, 1.807) is 31.7 Å². The van der Waals surface area contributed by atoms with Crippen molar-refractivity contribution in [3.05, 3.63) is 58.2 Å². The van der Waals surface area contributed by atoms with Crippen LogP contribution in [0.2, 0.25) is 0 Å². The molecule has 0 N–H and O–H groups in total. The van der Waals surface area contributed by atoms with Crippen LogP contribution in [0.25, 0.3) is 11.2 Å². The Morgan fingerprint density at radius 1 is 1.03 bits per heavy atom. The van der Waals surface area contributed by atoms with Crippen molar-refractivity contribution in [3.8, 4) is 0 Å². The molecule has 1 aliphatic heterocycles. The molecule has 1 aliphatic rings. The molecule has 0 unspecified atom stereocenters. The van der Waals surface area contributed by atoms with Gasteiger partial charge in [-0.1, -0.05) is 0 Å². The van der Waals surface area contributed by atoms with Crippen LogP contribution in [-0.2, 0) is 17.5 Å². The highest BCUT2D eigenvalue weighted by atomic mass is 19.4. The third kappa shape index (κ3) is 5.41. The fourth-order valence-corrected chi connectivity index (χ4v) is 4.12. The van der Waals surface area contributed by atoms with Gasteiger partial charge in [-0.05, 0) is 45.6 Å². The molecule has 12 heteroatoms. The van der Waals surface area contributed by atoms with Crippen molar-refractivity contribution in [2.75, 3.05) is 13.1 Å². The van der Waals surface area contributed by atoms with Gasteiger partial charge in [0.1, 0.15) is 11.1 Å². The van der Waals surface area contributed by atoms with Gasteiger partial charge in [-0.25, -0.2) is 14.8 Å². The van der Waals surface area contributed by atoms with Crippen molar-refractivity contribution in [1.29, 1.82) is 0 Å². The molecule has 0 radical (unpaired) electrons. The molecule has 3 aromatic rings. The number of piperidine rings is 1. The summed E-state index contributed by atoms with van der Waals surface area (Å²) in [5.41, 5.74) is -1.66. The first-order valence-corrected chi connectivity index (χ1v) is 11.1. The van der Waals surface area contributed by atoms with Gasteiger partial charge in [0.05, 0.1) is 12.2 Å². The summed E-state index contributed by atoms with van der Waals surface area (Å²) < 4.78 is 47.0. The monoisotopic (exact) mass is 490 g/mol. The Morgan fingerprint density at radius 3 is 2.31 bits per heavy atom. The highest BCUT2D eigenvalue weighted by Gasteiger charge is 2.36. The van der Waals surface area contributed by atoms with Gasteiger partial charge in [0.2, 0.25) is 0 Å². The third-order valence-corrected chi connectivity index (χ3v) is 5.68. The maximum atomic E-state index is 13.5. The van der Waals surface area contributed by atoms with Gasteiger partial charge in [0.25, 0.3) is 5.56 Å². The molecule has 0 spiro atoms. The zero-order valence-corrected chi connectivity index (χ0v) is 19.5. The average Bonchev–Trinajstić information content (AvgIpc) is 2.79. The van der Waals surface area contributed by atoms with Crippen molar-refractivity contribution in [2.45, 2.75) is 57.9 Å². The summed E-state index contributed by atoms with van der Waals surface area (Å²) in [6, 6.07) is 1.64. The van der Waals surface area contributed by atoms with E-state index in [0.717, 1.165) is 17.0 Å². The van der Waals surface area contributed by atoms with Crippen molar-refractivity contribution >= 4 is 17.3 Å². The van der Waals surface area contributed by atoms with E-state index in [1.165, 1.54) is 12.4 Å². The quantitative estimate of drug-likeness (QED) is 0.551. The van der Waals surface area contributed by atoms with Crippen LogP contribution >= 0.6 is 0 Å². The zero-order valence-electron chi connectivity index (χ0n) is 19.5. The third-order valence-electron chi connectivity index (χ3n) is 5.68. The van der Waals surface area contributed by atoms with Gasteiger partial charge in [-0.2, -0.15) is 13.2 Å². The molecule has 0 bridgehead atoms. The average molecular weight is 490 g/mol. The van der Waals surface area contributed by atoms with E-state index >= 15 is 0 Å². The molecule has 0 aliphatic carbocycles. The Hall–Kier alpha value is -3.57. The van der Waals surface area contributed by atoms with Crippen molar-refractivity contribution in [2.24, 2.45) is 0 Å². The first-order chi connectivity index (χ1) is 16.4. The van der Waals surface area contributed by atoms with E-state index in [2.05, 4.69) is 19.9 Å². The molecular formula is C23H25F3N6O3. The van der Waals surface area contributed by atoms with E-state index in [9.17, 15) is 22.8 Å². The molecule has 0 atom stereocenters. The number of ether oxygens (including phenoxy) is 1. The number of carbonyl (C=O) groups excluding carboxylic acids is 1. The standard InChI is InChI=1S/C23H25F3N6O3/c1-22(2,3)35-21(34)31-10-4-14(5-11-31)15-12-16-19(30-9-7-27-16)32(20(15)33)13-17-18(23(24,25)26)29-8-6-28-17/h6-9,12,14H,4-5,10-11,13H2,1-3H3. The number of aromatic nitrogens is 5. The number of fused-ring (bicyclic) bond motifs is 1. The van der Waals surface area contributed by atoms with Crippen LogP contribution in [0.15, 0.2) is 35.6 Å². The topological polar surface area (TPSA) is 103 Å². The fraction of sp³-hybridized carbons (Fsp3) is 0.478. The van der Waals surface area contributed by atoms with Gasteiger partial charge >= 0.3 is 12.3 Å². The second kappa shape index (κ2) is 9.23. The Bertz CT molecular complexity index is 1290. The van der Waals surface area contributed by atoms with E-state index in [4.69, 9.17) is 4.74 Å². The largest absolute Gasteiger partial charge is 0.444 e. The molecular weight excluding hydrogens is 465 g/mol. The van der Waals surface area contributed by atoms with Crippen LogP contribution in [0.5, 0.6) is 0 Å². The summed E-state index contributed by atoms with van der Waals surface area (Å²) in [5.74, 6) is -0.206. The van der Waals surface area contributed by atoms with Gasteiger partial charge in [-0.15, -0.1) is 0 Å². The molecule has 3 aromatic heterocycles. The molecule has 1 fully saturated rings. The predicted molar refractivity (Wildman–Crippen MR) is 120 cm³/mol. The Kier molecular flexibility index (Phi) is 6.48. The maximum absolute atomic E-state index is 13.5. The Labute approximate surface area is 199 Å². The molecule has 4 heterocycles. The predicted octanol–water partition coefficient (Wildman–Crippen LogP) is 3.76. The highest BCUT2D eigenvalue weighted by molar-refractivity contribution is 5.71. The lowest BCUT2D eigenvalue weighted by Gasteiger charge is -2.33. The lowest BCUT2D eigenvalue weighted by Crippen LogP contribution is -2.42. The van der Waals surface area contributed by atoms with Crippen LogP contribution in [-0.4, -0.2) is 54.2 Å². The number of nitrogens with zero attached hydrogens (tertiary/aromatic N) is 6. The maximum Gasteiger partial charge on any atom is 0.435 e. The van der Waals surface area contributed by atoms with E-state index < -0.39 is 35.7 Å². The lowest BCUT2D eigenvalue weighted by atomic mass is 9.90. The number of alkyl halides is 3. The van der Waals surface area contributed by atoms with Gasteiger partial charge in [-0.3, -0.25) is 19.3 Å². The van der Waals surface area contributed by atoms with Crippen LogP contribution in [0.1, 0.15) is 56.5 Å². The molecule has 1 amide bonds. The van der Waals surface area contributed by atoms with Crippen LogP contribution in [0, 0.1) is 0 Å². The van der Waals surface area contributed by atoms with E-state index in [0.29, 0.717) is 37.0 Å².